The molecule has 2 N–H and O–H groups in total. The van der Waals surface area contributed by atoms with Crippen LogP contribution in [-0.4, -0.2) is 28.1 Å². The number of thiazole rings is 1. The number of rotatable bonds is 5. The van der Waals surface area contributed by atoms with Gasteiger partial charge in [-0.3, -0.25) is 15.6 Å². The number of hydrogen-bond donors (Lipinski definition) is 2. The van der Waals surface area contributed by atoms with Crippen LogP contribution in [0.25, 0.3) is 10.7 Å². The summed E-state index contributed by atoms with van der Waals surface area (Å²) in [6, 6.07) is 8.76. The van der Waals surface area contributed by atoms with E-state index in [1.165, 1.54) is 11.3 Å². The fourth-order valence-corrected chi connectivity index (χ4v) is 2.68. The number of urea groups is 1. The molecule has 0 aliphatic heterocycles. The number of anilines is 2. The van der Waals surface area contributed by atoms with E-state index in [9.17, 15) is 4.79 Å². The molecule has 3 aromatic rings. The van der Waals surface area contributed by atoms with Crippen molar-refractivity contribution < 1.29 is 9.53 Å². The smallest absolute Gasteiger partial charge is 0.326 e. The molecule has 7 nitrogen and oxygen atoms in total. The van der Waals surface area contributed by atoms with E-state index >= 15 is 0 Å². The van der Waals surface area contributed by atoms with Crippen LogP contribution in [0.1, 0.15) is 5.56 Å². The van der Waals surface area contributed by atoms with Gasteiger partial charge >= 0.3 is 6.03 Å². The van der Waals surface area contributed by atoms with Crippen LogP contribution in [0.15, 0.2) is 48.1 Å². The largest absolute Gasteiger partial charge is 0.380 e. The lowest BCUT2D eigenvalue weighted by Gasteiger charge is -2.05. The van der Waals surface area contributed by atoms with Crippen molar-refractivity contribution in [1.29, 1.82) is 0 Å². The summed E-state index contributed by atoms with van der Waals surface area (Å²) in [6.45, 7) is 0.481. The molecule has 0 aliphatic carbocycles. The standard InChI is InChI=1S/C16H15N5O2S/c1-23-9-11-5-6-13(18-8-11)20-16(22)21-14-10-24-15(19-14)12-4-2-3-7-17-12/h2-8,10H,9H2,1H3,(H2,18,20,21,22). The summed E-state index contributed by atoms with van der Waals surface area (Å²) in [6.07, 6.45) is 3.36. The van der Waals surface area contributed by atoms with Gasteiger partial charge in [-0.05, 0) is 23.8 Å². The molecule has 24 heavy (non-hydrogen) atoms. The van der Waals surface area contributed by atoms with Crippen LogP contribution < -0.4 is 10.6 Å². The molecule has 0 saturated heterocycles. The number of nitrogens with one attached hydrogen (secondary N) is 2. The Morgan fingerprint density at radius 2 is 2.04 bits per heavy atom. The molecular weight excluding hydrogens is 326 g/mol. The zero-order valence-electron chi connectivity index (χ0n) is 12.9. The average Bonchev–Trinajstić information content (AvgIpc) is 3.06. The molecule has 3 heterocycles. The van der Waals surface area contributed by atoms with E-state index in [-0.39, 0.29) is 0 Å². The zero-order valence-corrected chi connectivity index (χ0v) is 13.7. The predicted octanol–water partition coefficient (Wildman–Crippen LogP) is 3.39. The number of carbonyl (C=O) groups excluding carboxylic acids is 1. The minimum absolute atomic E-state index is 0.403. The lowest BCUT2D eigenvalue weighted by atomic mass is 10.3. The van der Waals surface area contributed by atoms with Crippen LogP contribution in [-0.2, 0) is 11.3 Å². The summed E-state index contributed by atoms with van der Waals surface area (Å²) in [5.74, 6) is 0.918. The first-order chi connectivity index (χ1) is 11.7. The van der Waals surface area contributed by atoms with E-state index in [1.807, 2.05) is 24.3 Å². The lowest BCUT2D eigenvalue weighted by Crippen LogP contribution is -2.20. The molecule has 0 radical (unpaired) electrons. The Morgan fingerprint density at radius 1 is 1.17 bits per heavy atom. The molecule has 0 unspecified atom stereocenters. The Hall–Kier alpha value is -2.84. The lowest BCUT2D eigenvalue weighted by molar-refractivity contribution is 0.184. The van der Waals surface area contributed by atoms with Crippen molar-refractivity contribution in [2.45, 2.75) is 6.61 Å². The molecule has 0 fully saturated rings. The highest BCUT2D eigenvalue weighted by atomic mass is 32.1. The first-order valence-electron chi connectivity index (χ1n) is 7.13. The van der Waals surface area contributed by atoms with Crippen LogP contribution in [0, 0.1) is 0 Å². The number of hydrogen-bond acceptors (Lipinski definition) is 6. The highest BCUT2D eigenvalue weighted by Gasteiger charge is 2.09. The van der Waals surface area contributed by atoms with Gasteiger partial charge in [0.25, 0.3) is 0 Å². The van der Waals surface area contributed by atoms with Crippen LogP contribution in [0.5, 0.6) is 0 Å². The summed E-state index contributed by atoms with van der Waals surface area (Å²) in [4.78, 5) is 24.7. The normalized spacial score (nSPS) is 10.4. The fraction of sp³-hybridized carbons (Fsp3) is 0.125. The van der Waals surface area contributed by atoms with E-state index in [0.29, 0.717) is 18.2 Å². The van der Waals surface area contributed by atoms with Crippen molar-refractivity contribution in [3.8, 4) is 10.7 Å². The Balaban J connectivity index is 1.60. The van der Waals surface area contributed by atoms with Crippen molar-refractivity contribution in [3.63, 3.8) is 0 Å². The number of nitrogens with zero attached hydrogens (tertiary/aromatic N) is 3. The third-order valence-corrected chi connectivity index (χ3v) is 3.87. The van der Waals surface area contributed by atoms with Crippen LogP contribution in [0.4, 0.5) is 16.4 Å². The zero-order chi connectivity index (χ0) is 16.8. The topological polar surface area (TPSA) is 89.0 Å². The number of pyridine rings is 2. The second-order valence-corrected chi connectivity index (χ2v) is 5.67. The highest BCUT2D eigenvalue weighted by Crippen LogP contribution is 2.23. The SMILES string of the molecule is COCc1ccc(NC(=O)Nc2csc(-c3ccccn3)n2)nc1. The van der Waals surface area contributed by atoms with Crippen LogP contribution in [0.3, 0.4) is 0 Å². The maximum absolute atomic E-state index is 12.0. The summed E-state index contributed by atoms with van der Waals surface area (Å²) in [5, 5.41) is 7.84. The van der Waals surface area contributed by atoms with Gasteiger partial charge in [-0.1, -0.05) is 12.1 Å². The Bertz CT molecular complexity index is 805. The van der Waals surface area contributed by atoms with E-state index < -0.39 is 6.03 Å². The van der Waals surface area contributed by atoms with Crippen LogP contribution >= 0.6 is 11.3 Å². The van der Waals surface area contributed by atoms with Gasteiger partial charge in [-0.15, -0.1) is 11.3 Å². The third kappa shape index (κ3) is 4.12. The summed E-state index contributed by atoms with van der Waals surface area (Å²) >= 11 is 1.41. The van der Waals surface area contributed by atoms with Gasteiger partial charge in [0.05, 0.1) is 12.3 Å². The second kappa shape index (κ2) is 7.62. The Labute approximate surface area is 142 Å². The van der Waals surface area contributed by atoms with Gasteiger partial charge < -0.3 is 4.74 Å². The van der Waals surface area contributed by atoms with Crippen molar-refractivity contribution in [2.75, 3.05) is 17.7 Å². The quantitative estimate of drug-likeness (QED) is 0.742. The van der Waals surface area contributed by atoms with Gasteiger partial charge in [0.15, 0.2) is 0 Å². The number of amides is 2. The van der Waals surface area contributed by atoms with Gasteiger partial charge in [0.2, 0.25) is 0 Å². The minimum atomic E-state index is -0.403. The molecule has 2 amide bonds. The molecule has 0 bridgehead atoms. The molecule has 3 rings (SSSR count). The van der Waals surface area contributed by atoms with Crippen molar-refractivity contribution >= 4 is 29.0 Å². The maximum atomic E-state index is 12.0. The Morgan fingerprint density at radius 3 is 2.75 bits per heavy atom. The molecule has 0 aromatic carbocycles. The molecule has 122 valence electrons. The summed E-state index contributed by atoms with van der Waals surface area (Å²) in [7, 11) is 1.62. The molecule has 8 heteroatoms. The minimum Gasteiger partial charge on any atom is -0.380 e. The number of methoxy groups -OCH3 is 1. The van der Waals surface area contributed by atoms with E-state index in [1.54, 1.807) is 30.9 Å². The first kappa shape index (κ1) is 16.0. The maximum Gasteiger partial charge on any atom is 0.326 e. The second-order valence-electron chi connectivity index (χ2n) is 4.82. The molecular formula is C16H15N5O2S. The predicted molar refractivity (Wildman–Crippen MR) is 92.9 cm³/mol. The summed E-state index contributed by atoms with van der Waals surface area (Å²) in [5.41, 5.74) is 1.70. The molecule has 3 aromatic heterocycles. The fourth-order valence-electron chi connectivity index (χ4n) is 1.95. The summed E-state index contributed by atoms with van der Waals surface area (Å²) < 4.78 is 5.01. The number of aromatic nitrogens is 3. The van der Waals surface area contributed by atoms with Crippen molar-refractivity contribution in [3.05, 3.63) is 53.7 Å². The molecule has 0 atom stereocenters. The van der Waals surface area contributed by atoms with Crippen LogP contribution in [0.2, 0.25) is 0 Å². The first-order valence-corrected chi connectivity index (χ1v) is 8.01. The van der Waals surface area contributed by atoms with Gasteiger partial charge in [-0.25, -0.2) is 14.8 Å². The monoisotopic (exact) mass is 341 g/mol. The molecule has 0 saturated carbocycles. The van der Waals surface area contributed by atoms with Gasteiger partial charge in [-0.2, -0.15) is 0 Å². The average molecular weight is 341 g/mol. The van der Waals surface area contributed by atoms with Gasteiger partial charge in [0, 0.05) is 24.9 Å². The van der Waals surface area contributed by atoms with Crippen molar-refractivity contribution in [2.24, 2.45) is 0 Å². The molecule has 0 aliphatic rings. The number of carbonyl (C=O) groups is 1. The van der Waals surface area contributed by atoms with E-state index in [4.69, 9.17) is 4.74 Å². The van der Waals surface area contributed by atoms with Gasteiger partial charge in [0.1, 0.15) is 16.6 Å². The van der Waals surface area contributed by atoms with Crippen molar-refractivity contribution in [1.82, 2.24) is 15.0 Å². The molecule has 0 spiro atoms. The number of ether oxygens (including phenoxy) is 1. The Kier molecular flexibility index (Phi) is 5.09. The van der Waals surface area contributed by atoms with E-state index in [2.05, 4.69) is 25.6 Å². The van der Waals surface area contributed by atoms with E-state index in [0.717, 1.165) is 16.3 Å². The highest BCUT2D eigenvalue weighted by molar-refractivity contribution is 7.13. The third-order valence-electron chi connectivity index (χ3n) is 3.01.